The zero-order valence-corrected chi connectivity index (χ0v) is 13.5. The van der Waals surface area contributed by atoms with E-state index in [0.29, 0.717) is 12.2 Å². The number of carbonyl (C=O) groups is 1. The first-order valence-corrected chi connectivity index (χ1v) is 7.96. The Bertz CT molecular complexity index is 533. The molecule has 1 heterocycles. The summed E-state index contributed by atoms with van der Waals surface area (Å²) in [6, 6.07) is 3.15. The van der Waals surface area contributed by atoms with E-state index in [1.54, 1.807) is 13.8 Å². The Hall–Kier alpha value is -1.53. The second-order valence-electron chi connectivity index (χ2n) is 5.87. The van der Waals surface area contributed by atoms with Crippen molar-refractivity contribution in [3.63, 3.8) is 0 Å². The van der Waals surface area contributed by atoms with Crippen LogP contribution in [0.1, 0.15) is 44.7 Å². The lowest BCUT2D eigenvalue weighted by Crippen LogP contribution is -2.38. The number of hydrogen-bond donors (Lipinski definition) is 1. The number of nitrogens with one attached hydrogen (secondary N) is 1. The lowest BCUT2D eigenvalue weighted by Gasteiger charge is -2.24. The highest BCUT2D eigenvalue weighted by Gasteiger charge is 2.20. The minimum atomic E-state index is -0.928. The van der Waals surface area contributed by atoms with Crippen molar-refractivity contribution in [2.75, 3.05) is 13.2 Å². The van der Waals surface area contributed by atoms with Crippen LogP contribution in [-0.2, 0) is 14.3 Å². The summed E-state index contributed by atoms with van der Waals surface area (Å²) in [5, 5.41) is 2.74. The van der Waals surface area contributed by atoms with Crippen molar-refractivity contribution >= 4 is 5.91 Å². The van der Waals surface area contributed by atoms with Crippen LogP contribution in [0.5, 0.6) is 0 Å². The average molecular weight is 327 g/mol. The highest BCUT2D eigenvalue weighted by atomic mass is 19.2. The predicted molar refractivity (Wildman–Crippen MR) is 81.9 cm³/mol. The minimum Gasteiger partial charge on any atom is -0.376 e. The molecule has 3 atom stereocenters. The van der Waals surface area contributed by atoms with Gasteiger partial charge in [0.15, 0.2) is 11.6 Å². The quantitative estimate of drug-likeness (QED) is 0.873. The van der Waals surface area contributed by atoms with Crippen LogP contribution in [0.15, 0.2) is 18.2 Å². The number of rotatable bonds is 6. The highest BCUT2D eigenvalue weighted by Crippen LogP contribution is 2.17. The lowest BCUT2D eigenvalue weighted by molar-refractivity contribution is -0.136. The molecule has 6 heteroatoms. The molecule has 1 aromatic carbocycles. The third-order valence-electron chi connectivity index (χ3n) is 3.98. The Kier molecular flexibility index (Phi) is 6.47. The fourth-order valence-electron chi connectivity index (χ4n) is 2.46. The molecule has 1 aliphatic heterocycles. The van der Waals surface area contributed by atoms with Crippen LogP contribution < -0.4 is 5.32 Å². The van der Waals surface area contributed by atoms with Crippen molar-refractivity contribution in [1.82, 2.24) is 5.32 Å². The molecule has 1 fully saturated rings. The van der Waals surface area contributed by atoms with Gasteiger partial charge >= 0.3 is 0 Å². The lowest BCUT2D eigenvalue weighted by atomic mass is 10.1. The highest BCUT2D eigenvalue weighted by molar-refractivity contribution is 5.80. The minimum absolute atomic E-state index is 0.0441. The molecule has 0 aliphatic carbocycles. The zero-order chi connectivity index (χ0) is 16.8. The van der Waals surface area contributed by atoms with Crippen LogP contribution in [0, 0.1) is 11.6 Å². The molecule has 4 nitrogen and oxygen atoms in total. The van der Waals surface area contributed by atoms with E-state index in [9.17, 15) is 13.6 Å². The van der Waals surface area contributed by atoms with Crippen molar-refractivity contribution in [2.24, 2.45) is 0 Å². The van der Waals surface area contributed by atoms with E-state index >= 15 is 0 Å². The maximum absolute atomic E-state index is 13.2. The molecule has 0 spiro atoms. The molecule has 2 rings (SSSR count). The number of benzene rings is 1. The normalized spacial score (nSPS) is 20.8. The SMILES string of the molecule is C[C@H](OC[C@H]1CCCCO1)C(=O)N[C@H](C)c1ccc(F)c(F)c1. The molecular weight excluding hydrogens is 304 g/mol. The number of amides is 1. The molecule has 0 radical (unpaired) electrons. The van der Waals surface area contributed by atoms with Crippen LogP contribution in [-0.4, -0.2) is 31.3 Å². The van der Waals surface area contributed by atoms with Gasteiger partial charge in [0, 0.05) is 6.61 Å². The largest absolute Gasteiger partial charge is 0.376 e. The van der Waals surface area contributed by atoms with Crippen molar-refractivity contribution in [2.45, 2.75) is 51.4 Å². The van der Waals surface area contributed by atoms with Gasteiger partial charge < -0.3 is 14.8 Å². The van der Waals surface area contributed by atoms with Crippen molar-refractivity contribution in [3.05, 3.63) is 35.4 Å². The molecule has 1 aliphatic rings. The van der Waals surface area contributed by atoms with Gasteiger partial charge in [-0.1, -0.05) is 6.07 Å². The van der Waals surface area contributed by atoms with Crippen LogP contribution in [0.2, 0.25) is 0 Å². The maximum atomic E-state index is 13.2. The summed E-state index contributed by atoms with van der Waals surface area (Å²) in [7, 11) is 0. The molecular formula is C17H23F2NO3. The first kappa shape index (κ1) is 17.8. The first-order valence-electron chi connectivity index (χ1n) is 7.96. The third kappa shape index (κ3) is 5.25. The fraction of sp³-hybridized carbons (Fsp3) is 0.588. The van der Waals surface area contributed by atoms with Gasteiger partial charge in [-0.2, -0.15) is 0 Å². The third-order valence-corrected chi connectivity index (χ3v) is 3.98. The van der Waals surface area contributed by atoms with Crippen LogP contribution in [0.3, 0.4) is 0 Å². The first-order chi connectivity index (χ1) is 11.0. The van der Waals surface area contributed by atoms with E-state index in [2.05, 4.69) is 5.32 Å². The molecule has 1 amide bonds. The average Bonchev–Trinajstić information content (AvgIpc) is 2.55. The predicted octanol–water partition coefficient (Wildman–Crippen LogP) is 3.12. The number of carbonyl (C=O) groups excluding carboxylic acids is 1. The topological polar surface area (TPSA) is 47.6 Å². The van der Waals surface area contributed by atoms with Gasteiger partial charge in [0.05, 0.1) is 18.8 Å². The maximum Gasteiger partial charge on any atom is 0.249 e. The van der Waals surface area contributed by atoms with Gasteiger partial charge in [0.1, 0.15) is 6.10 Å². The van der Waals surface area contributed by atoms with Gasteiger partial charge in [-0.05, 0) is 50.8 Å². The van der Waals surface area contributed by atoms with E-state index in [0.717, 1.165) is 38.0 Å². The van der Waals surface area contributed by atoms with Crippen LogP contribution in [0.4, 0.5) is 8.78 Å². The Morgan fingerprint density at radius 3 is 2.78 bits per heavy atom. The number of ether oxygens (including phenoxy) is 2. The molecule has 23 heavy (non-hydrogen) atoms. The van der Waals surface area contributed by atoms with E-state index < -0.39 is 23.8 Å². The summed E-state index contributed by atoms with van der Waals surface area (Å²) in [5.41, 5.74) is 0.500. The molecule has 1 saturated heterocycles. The molecule has 1 aromatic rings. The zero-order valence-electron chi connectivity index (χ0n) is 13.5. The molecule has 128 valence electrons. The summed E-state index contributed by atoms with van der Waals surface area (Å²) in [6.07, 6.45) is 2.54. The van der Waals surface area contributed by atoms with Gasteiger partial charge in [-0.3, -0.25) is 4.79 Å². The second kappa shape index (κ2) is 8.36. The summed E-state index contributed by atoms with van der Waals surface area (Å²) in [5.74, 6) is -2.13. The van der Waals surface area contributed by atoms with Gasteiger partial charge in [0.25, 0.3) is 0 Å². The van der Waals surface area contributed by atoms with Gasteiger partial charge in [-0.15, -0.1) is 0 Å². The van der Waals surface area contributed by atoms with E-state index in [-0.39, 0.29) is 12.0 Å². The molecule has 0 saturated carbocycles. The Morgan fingerprint density at radius 1 is 1.35 bits per heavy atom. The Labute approximate surface area is 135 Å². The Balaban J connectivity index is 1.80. The summed E-state index contributed by atoms with van der Waals surface area (Å²) >= 11 is 0. The smallest absolute Gasteiger partial charge is 0.249 e. The standard InChI is InChI=1S/C17H23F2NO3/c1-11(13-6-7-15(18)16(19)9-13)20-17(21)12(2)23-10-14-5-3-4-8-22-14/h6-7,9,11-12,14H,3-5,8,10H2,1-2H3,(H,20,21)/t11-,12+,14-/m1/s1. The second-order valence-corrected chi connectivity index (χ2v) is 5.87. The van der Waals surface area contributed by atoms with E-state index in [4.69, 9.17) is 9.47 Å². The number of hydrogen-bond acceptors (Lipinski definition) is 3. The molecule has 0 aromatic heterocycles. The summed E-state index contributed by atoms with van der Waals surface area (Å²) in [4.78, 5) is 12.1. The van der Waals surface area contributed by atoms with Gasteiger partial charge in [0.2, 0.25) is 5.91 Å². The summed E-state index contributed by atoms with van der Waals surface area (Å²) < 4.78 is 37.3. The van der Waals surface area contributed by atoms with Crippen molar-refractivity contribution in [1.29, 1.82) is 0 Å². The van der Waals surface area contributed by atoms with Crippen molar-refractivity contribution in [3.8, 4) is 0 Å². The molecule has 1 N–H and O–H groups in total. The van der Waals surface area contributed by atoms with Crippen LogP contribution >= 0.6 is 0 Å². The number of halogens is 2. The Morgan fingerprint density at radius 2 is 2.13 bits per heavy atom. The van der Waals surface area contributed by atoms with Crippen molar-refractivity contribution < 1.29 is 23.0 Å². The van der Waals surface area contributed by atoms with Gasteiger partial charge in [-0.25, -0.2) is 8.78 Å². The fourth-order valence-corrected chi connectivity index (χ4v) is 2.46. The van der Waals surface area contributed by atoms with E-state index in [1.807, 2.05) is 0 Å². The molecule has 0 unspecified atom stereocenters. The summed E-state index contributed by atoms with van der Waals surface area (Å²) in [6.45, 7) is 4.49. The molecule has 0 bridgehead atoms. The van der Waals surface area contributed by atoms with Crippen LogP contribution in [0.25, 0.3) is 0 Å². The van der Waals surface area contributed by atoms with E-state index in [1.165, 1.54) is 6.07 Å². The monoisotopic (exact) mass is 327 g/mol.